The van der Waals surface area contributed by atoms with Crippen LogP contribution in [0.4, 0.5) is 10.1 Å². The van der Waals surface area contributed by atoms with Crippen LogP contribution in [0.2, 0.25) is 0 Å². The van der Waals surface area contributed by atoms with E-state index in [2.05, 4.69) is 4.90 Å². The van der Waals surface area contributed by atoms with Gasteiger partial charge < -0.3 is 15.5 Å². The summed E-state index contributed by atoms with van der Waals surface area (Å²) in [5.74, 6) is -0.121. The quantitative estimate of drug-likeness (QED) is 0.914. The molecule has 1 aromatic rings. The third-order valence-corrected chi connectivity index (χ3v) is 3.43. The van der Waals surface area contributed by atoms with Crippen LogP contribution >= 0.6 is 0 Å². The maximum absolute atomic E-state index is 12.9. The molecule has 0 spiro atoms. The van der Waals surface area contributed by atoms with Crippen molar-refractivity contribution in [1.29, 1.82) is 0 Å². The number of nitrogens with zero attached hydrogens (tertiary/aromatic N) is 2. The van der Waals surface area contributed by atoms with E-state index in [9.17, 15) is 9.18 Å². The lowest BCUT2D eigenvalue weighted by molar-refractivity contribution is -0.132. The molecule has 1 aliphatic heterocycles. The number of hydrogen-bond acceptors (Lipinski definition) is 3. The molecular formula is C15H22FN3O. The van der Waals surface area contributed by atoms with Gasteiger partial charge in [0.25, 0.3) is 0 Å². The van der Waals surface area contributed by atoms with Crippen molar-refractivity contribution in [3.63, 3.8) is 0 Å². The maximum atomic E-state index is 12.9. The molecule has 5 heteroatoms. The Morgan fingerprint density at radius 1 is 1.20 bits per heavy atom. The first kappa shape index (κ1) is 14.8. The molecule has 0 atom stereocenters. The lowest BCUT2D eigenvalue weighted by Crippen LogP contribution is -2.50. The fourth-order valence-electron chi connectivity index (χ4n) is 2.37. The van der Waals surface area contributed by atoms with Crippen LogP contribution in [0.25, 0.3) is 0 Å². The van der Waals surface area contributed by atoms with Crippen LogP contribution in [0.5, 0.6) is 0 Å². The van der Waals surface area contributed by atoms with Gasteiger partial charge in [-0.25, -0.2) is 4.39 Å². The average Bonchev–Trinajstić information content (AvgIpc) is 2.38. The van der Waals surface area contributed by atoms with Gasteiger partial charge in [0.2, 0.25) is 5.91 Å². The molecule has 2 rings (SSSR count). The second-order valence-corrected chi connectivity index (χ2v) is 6.01. The number of rotatable bonds is 3. The zero-order chi connectivity index (χ0) is 14.8. The monoisotopic (exact) mass is 279 g/mol. The molecule has 0 unspecified atom stereocenters. The minimum Gasteiger partial charge on any atom is -0.368 e. The lowest BCUT2D eigenvalue weighted by Gasteiger charge is -2.37. The Kier molecular flexibility index (Phi) is 4.28. The van der Waals surface area contributed by atoms with Gasteiger partial charge >= 0.3 is 0 Å². The molecule has 0 radical (unpaired) electrons. The summed E-state index contributed by atoms with van der Waals surface area (Å²) in [5.41, 5.74) is 6.41. The number of benzene rings is 1. The number of hydrogen-bond donors (Lipinski definition) is 1. The number of carbonyl (C=O) groups is 1. The van der Waals surface area contributed by atoms with Gasteiger partial charge in [0.05, 0.1) is 0 Å². The molecule has 1 saturated heterocycles. The van der Waals surface area contributed by atoms with Gasteiger partial charge in [0.1, 0.15) is 5.82 Å². The molecule has 1 heterocycles. The van der Waals surface area contributed by atoms with Gasteiger partial charge in [0, 0.05) is 43.8 Å². The van der Waals surface area contributed by atoms with Crippen molar-refractivity contribution in [3.8, 4) is 0 Å². The van der Waals surface area contributed by atoms with Gasteiger partial charge in [-0.2, -0.15) is 0 Å². The van der Waals surface area contributed by atoms with E-state index in [1.54, 1.807) is 12.1 Å². The van der Waals surface area contributed by atoms with Crippen LogP contribution < -0.4 is 10.6 Å². The summed E-state index contributed by atoms with van der Waals surface area (Å²) >= 11 is 0. The van der Waals surface area contributed by atoms with Crippen molar-refractivity contribution in [2.24, 2.45) is 5.73 Å². The molecule has 1 amide bonds. The maximum Gasteiger partial charge on any atom is 0.224 e. The molecule has 20 heavy (non-hydrogen) atoms. The third kappa shape index (κ3) is 3.93. The van der Waals surface area contributed by atoms with Crippen molar-refractivity contribution in [2.75, 3.05) is 31.1 Å². The molecule has 1 aromatic carbocycles. The highest BCUT2D eigenvalue weighted by molar-refractivity contribution is 5.77. The number of carbonyl (C=O) groups excluding carboxylic acids is 1. The molecule has 0 aliphatic carbocycles. The molecule has 2 N–H and O–H groups in total. The Bertz CT molecular complexity index is 459. The SMILES string of the molecule is CC(C)(N)CC(=O)N1CCN(c2ccc(F)cc2)CC1. The van der Waals surface area contributed by atoms with E-state index in [1.807, 2.05) is 18.7 Å². The summed E-state index contributed by atoms with van der Waals surface area (Å²) in [7, 11) is 0. The first-order chi connectivity index (χ1) is 9.35. The first-order valence-electron chi connectivity index (χ1n) is 6.92. The van der Waals surface area contributed by atoms with Gasteiger partial charge in [-0.1, -0.05) is 0 Å². The average molecular weight is 279 g/mol. The van der Waals surface area contributed by atoms with Crippen molar-refractivity contribution < 1.29 is 9.18 Å². The molecule has 0 bridgehead atoms. The molecule has 110 valence electrons. The predicted molar refractivity (Wildman–Crippen MR) is 78.1 cm³/mol. The van der Waals surface area contributed by atoms with Gasteiger partial charge in [-0.3, -0.25) is 4.79 Å². The van der Waals surface area contributed by atoms with Crippen LogP contribution in [-0.4, -0.2) is 42.5 Å². The minimum atomic E-state index is -0.467. The van der Waals surface area contributed by atoms with Crippen LogP contribution in [0.3, 0.4) is 0 Å². The Balaban J connectivity index is 1.89. The summed E-state index contributed by atoms with van der Waals surface area (Å²) in [4.78, 5) is 16.1. The van der Waals surface area contributed by atoms with Crippen LogP contribution in [-0.2, 0) is 4.79 Å². The zero-order valence-corrected chi connectivity index (χ0v) is 12.1. The number of piperazine rings is 1. The normalized spacial score (nSPS) is 16.4. The van der Waals surface area contributed by atoms with Crippen molar-refractivity contribution in [2.45, 2.75) is 25.8 Å². The van der Waals surface area contributed by atoms with E-state index >= 15 is 0 Å². The summed E-state index contributed by atoms with van der Waals surface area (Å²) in [5, 5.41) is 0. The van der Waals surface area contributed by atoms with Crippen molar-refractivity contribution >= 4 is 11.6 Å². The molecular weight excluding hydrogens is 257 g/mol. The topological polar surface area (TPSA) is 49.6 Å². The van der Waals surface area contributed by atoms with Crippen molar-refractivity contribution in [1.82, 2.24) is 4.90 Å². The highest BCUT2D eigenvalue weighted by Crippen LogP contribution is 2.18. The fourth-order valence-corrected chi connectivity index (χ4v) is 2.37. The Morgan fingerprint density at radius 2 is 1.75 bits per heavy atom. The van der Waals surface area contributed by atoms with Crippen LogP contribution in [0.15, 0.2) is 24.3 Å². The van der Waals surface area contributed by atoms with Gasteiger partial charge in [-0.05, 0) is 38.1 Å². The second kappa shape index (κ2) is 5.79. The summed E-state index contributed by atoms with van der Waals surface area (Å²) < 4.78 is 12.9. The van der Waals surface area contributed by atoms with E-state index in [0.717, 1.165) is 18.8 Å². The highest BCUT2D eigenvalue weighted by Gasteiger charge is 2.25. The molecule has 0 aromatic heterocycles. The number of nitrogens with two attached hydrogens (primary N) is 1. The Labute approximate surface area is 119 Å². The molecule has 1 fully saturated rings. The third-order valence-electron chi connectivity index (χ3n) is 3.43. The lowest BCUT2D eigenvalue weighted by atomic mass is 10.0. The van der Waals surface area contributed by atoms with Gasteiger partial charge in [-0.15, -0.1) is 0 Å². The zero-order valence-electron chi connectivity index (χ0n) is 12.1. The van der Waals surface area contributed by atoms with E-state index < -0.39 is 5.54 Å². The second-order valence-electron chi connectivity index (χ2n) is 6.01. The van der Waals surface area contributed by atoms with E-state index in [0.29, 0.717) is 19.5 Å². The van der Waals surface area contributed by atoms with Crippen LogP contribution in [0, 0.1) is 5.82 Å². The molecule has 1 aliphatic rings. The van der Waals surface area contributed by atoms with Gasteiger partial charge in [0.15, 0.2) is 0 Å². The largest absolute Gasteiger partial charge is 0.368 e. The summed E-state index contributed by atoms with van der Waals surface area (Å²) in [6.45, 7) is 6.63. The van der Waals surface area contributed by atoms with Crippen molar-refractivity contribution in [3.05, 3.63) is 30.1 Å². The first-order valence-corrected chi connectivity index (χ1v) is 6.92. The smallest absolute Gasteiger partial charge is 0.224 e. The number of amides is 1. The fraction of sp³-hybridized carbons (Fsp3) is 0.533. The summed E-state index contributed by atoms with van der Waals surface area (Å²) in [6.07, 6.45) is 0.365. The predicted octanol–water partition coefficient (Wildman–Crippen LogP) is 1.60. The number of halogens is 1. The Morgan fingerprint density at radius 3 is 2.25 bits per heavy atom. The summed E-state index contributed by atoms with van der Waals surface area (Å²) in [6, 6.07) is 6.47. The van der Waals surface area contributed by atoms with E-state index in [4.69, 9.17) is 5.73 Å². The highest BCUT2D eigenvalue weighted by atomic mass is 19.1. The standard InChI is InChI=1S/C15H22FN3O/c1-15(2,17)11-14(20)19-9-7-18(8-10-19)13-5-3-12(16)4-6-13/h3-6H,7-11,17H2,1-2H3. The molecule has 4 nitrogen and oxygen atoms in total. The van der Waals surface area contributed by atoms with E-state index in [-0.39, 0.29) is 11.7 Å². The van der Waals surface area contributed by atoms with E-state index in [1.165, 1.54) is 12.1 Å². The molecule has 0 saturated carbocycles. The Hall–Kier alpha value is -1.62. The minimum absolute atomic E-state index is 0.108. The number of anilines is 1. The van der Waals surface area contributed by atoms with Crippen LogP contribution in [0.1, 0.15) is 20.3 Å².